The average Bonchev–Trinajstić information content (AvgIpc) is 3.81. The average molecular weight is 742 g/mol. The molecule has 268 valence electrons. The van der Waals surface area contributed by atoms with E-state index in [1.165, 1.54) is 11.5 Å². The Balaban J connectivity index is 1.12. The van der Waals surface area contributed by atoms with Crippen molar-refractivity contribution in [3.63, 3.8) is 0 Å². The van der Waals surface area contributed by atoms with Crippen LogP contribution in [0.25, 0.3) is 39.2 Å². The van der Waals surface area contributed by atoms with E-state index in [4.69, 9.17) is 37.7 Å². The van der Waals surface area contributed by atoms with E-state index < -0.39 is 0 Å². The second-order valence-corrected chi connectivity index (χ2v) is 13.9. The summed E-state index contributed by atoms with van der Waals surface area (Å²) in [4.78, 5) is 48.4. The maximum atomic E-state index is 13.4. The number of halogens is 2. The highest BCUT2D eigenvalue weighted by Crippen LogP contribution is 2.42. The molecule has 0 aliphatic carbocycles. The van der Waals surface area contributed by atoms with E-state index in [1.54, 1.807) is 19.5 Å². The van der Waals surface area contributed by atoms with Gasteiger partial charge in [-0.2, -0.15) is 0 Å². The minimum Gasteiger partial charge on any atom is -0.481 e. The quantitative estimate of drug-likeness (QED) is 0.162. The van der Waals surface area contributed by atoms with Gasteiger partial charge in [0, 0.05) is 78.9 Å². The highest BCUT2D eigenvalue weighted by Gasteiger charge is 2.29. The number of ether oxygens (including phenoxy) is 2. The highest BCUT2D eigenvalue weighted by molar-refractivity contribution is 6.39. The molecule has 52 heavy (non-hydrogen) atoms. The third kappa shape index (κ3) is 7.27. The number of carbonyl (C=O) groups excluding carboxylic acids is 2. The lowest BCUT2D eigenvalue weighted by atomic mass is 9.97. The van der Waals surface area contributed by atoms with Gasteiger partial charge < -0.3 is 20.1 Å². The molecule has 2 aromatic carbocycles. The van der Waals surface area contributed by atoms with Crippen LogP contribution in [0.1, 0.15) is 30.4 Å². The van der Waals surface area contributed by atoms with Gasteiger partial charge in [-0.25, -0.2) is 9.97 Å². The van der Waals surface area contributed by atoms with Crippen molar-refractivity contribution >= 4 is 40.7 Å². The zero-order chi connectivity index (χ0) is 36.4. The zero-order valence-corrected chi connectivity index (χ0v) is 30.3. The summed E-state index contributed by atoms with van der Waals surface area (Å²) < 4.78 is 12.1. The number of hydrogen-bond acceptors (Lipinski definition) is 9. The predicted octanol–water partition coefficient (Wildman–Crippen LogP) is 5.77. The number of nitrogens with zero attached hydrogens (tertiary/aromatic N) is 4. The topological polar surface area (TPSA) is 127 Å². The second kappa shape index (κ2) is 15.4. The molecule has 13 heteroatoms. The van der Waals surface area contributed by atoms with Crippen LogP contribution in [0.2, 0.25) is 10.0 Å². The maximum absolute atomic E-state index is 13.4. The van der Waals surface area contributed by atoms with Gasteiger partial charge in [-0.1, -0.05) is 65.7 Å². The van der Waals surface area contributed by atoms with Crippen LogP contribution < -0.4 is 20.9 Å². The van der Waals surface area contributed by atoms with Gasteiger partial charge in [0.05, 0.1) is 41.4 Å². The van der Waals surface area contributed by atoms with Crippen molar-refractivity contribution in [1.29, 1.82) is 0 Å². The Morgan fingerprint density at radius 2 is 1.71 bits per heavy atom. The van der Waals surface area contributed by atoms with E-state index in [-0.39, 0.29) is 29.4 Å². The Labute approximate surface area is 310 Å². The number of methoxy groups -OCH3 is 2. The molecule has 2 atom stereocenters. The van der Waals surface area contributed by atoms with Crippen molar-refractivity contribution in [2.24, 2.45) is 5.92 Å². The van der Waals surface area contributed by atoms with Gasteiger partial charge in [0.2, 0.25) is 11.8 Å². The summed E-state index contributed by atoms with van der Waals surface area (Å²) in [6.07, 6.45) is 5.42. The van der Waals surface area contributed by atoms with Gasteiger partial charge in [0.25, 0.3) is 5.56 Å². The summed E-state index contributed by atoms with van der Waals surface area (Å²) in [5.74, 6) is 0.178. The highest BCUT2D eigenvalue weighted by atomic mass is 35.5. The number of hydrogen-bond donors (Lipinski definition) is 2. The van der Waals surface area contributed by atoms with E-state index in [0.29, 0.717) is 78.4 Å². The Morgan fingerprint density at radius 1 is 0.962 bits per heavy atom. The maximum Gasteiger partial charge on any atom is 0.310 e. The van der Waals surface area contributed by atoms with E-state index in [0.717, 1.165) is 39.8 Å². The second-order valence-electron chi connectivity index (χ2n) is 13.1. The number of pyridine rings is 2. The van der Waals surface area contributed by atoms with Gasteiger partial charge in [0.15, 0.2) is 0 Å². The Kier molecular flexibility index (Phi) is 10.6. The fraction of sp³-hybridized carbons (Fsp3) is 0.308. The minimum absolute atomic E-state index is 0.0908. The SMILES string of the molecule is COC(=O)[C@@H]1CCN(Cc2cnc3cc(-c4cccc(-c5cccc(-c6ccc(CNC[C@H]7CCC(=O)N7)c(OC)n6)c5Cl)c4Cl)ccn3c2=O)C1. The lowest BCUT2D eigenvalue weighted by Crippen LogP contribution is -2.35. The van der Waals surface area contributed by atoms with Crippen molar-refractivity contribution in [3.05, 3.63) is 105 Å². The molecule has 5 aromatic rings. The van der Waals surface area contributed by atoms with Crippen LogP contribution in [0.15, 0.2) is 77.9 Å². The molecule has 7 rings (SSSR count). The summed E-state index contributed by atoms with van der Waals surface area (Å²) in [7, 11) is 2.99. The van der Waals surface area contributed by atoms with Gasteiger partial charge in [-0.3, -0.25) is 23.7 Å². The predicted molar refractivity (Wildman–Crippen MR) is 200 cm³/mol. The zero-order valence-electron chi connectivity index (χ0n) is 28.8. The fourth-order valence-corrected chi connectivity index (χ4v) is 7.67. The number of rotatable bonds is 11. The summed E-state index contributed by atoms with van der Waals surface area (Å²) in [6, 6.07) is 19.2. The molecule has 2 N–H and O–H groups in total. The lowest BCUT2D eigenvalue weighted by molar-refractivity contribution is -0.145. The van der Waals surface area contributed by atoms with Crippen LogP contribution in [0.3, 0.4) is 0 Å². The van der Waals surface area contributed by atoms with Crippen molar-refractivity contribution < 1.29 is 19.1 Å². The monoisotopic (exact) mass is 740 g/mol. The van der Waals surface area contributed by atoms with E-state index in [1.807, 2.05) is 60.7 Å². The normalized spacial score (nSPS) is 17.4. The number of likely N-dealkylation sites (tertiary alicyclic amines) is 1. The van der Waals surface area contributed by atoms with Gasteiger partial charge >= 0.3 is 5.97 Å². The smallest absolute Gasteiger partial charge is 0.310 e. The number of aromatic nitrogens is 3. The number of fused-ring (bicyclic) bond motifs is 1. The molecule has 5 heterocycles. The molecule has 0 saturated carbocycles. The van der Waals surface area contributed by atoms with Gasteiger partial charge in [0.1, 0.15) is 5.65 Å². The first-order valence-electron chi connectivity index (χ1n) is 17.2. The molecule has 0 bridgehead atoms. The number of carbonyl (C=O) groups is 2. The molecule has 0 unspecified atom stereocenters. The van der Waals surface area contributed by atoms with Crippen LogP contribution in [-0.4, -0.2) is 71.0 Å². The van der Waals surface area contributed by atoms with E-state index in [2.05, 4.69) is 20.5 Å². The molecule has 1 amide bonds. The molecular formula is C39H38Cl2N6O5. The third-order valence-corrected chi connectivity index (χ3v) is 10.6. The fourth-order valence-electron chi connectivity index (χ4n) is 7.01. The molecule has 0 radical (unpaired) electrons. The van der Waals surface area contributed by atoms with Gasteiger partial charge in [-0.15, -0.1) is 0 Å². The first-order chi connectivity index (χ1) is 25.2. The first kappa shape index (κ1) is 35.6. The van der Waals surface area contributed by atoms with E-state index >= 15 is 0 Å². The Bertz CT molecular complexity index is 2230. The molecule has 2 saturated heterocycles. The molecule has 2 fully saturated rings. The van der Waals surface area contributed by atoms with E-state index in [9.17, 15) is 14.4 Å². The number of esters is 1. The molecule has 3 aromatic heterocycles. The van der Waals surface area contributed by atoms with Crippen molar-refractivity contribution in [2.75, 3.05) is 33.9 Å². The molecule has 11 nitrogen and oxygen atoms in total. The molecule has 2 aliphatic rings. The number of benzene rings is 2. The van der Waals surface area contributed by atoms with Crippen LogP contribution in [0, 0.1) is 5.92 Å². The largest absolute Gasteiger partial charge is 0.481 e. The summed E-state index contributed by atoms with van der Waals surface area (Å²) in [6.45, 7) is 2.87. The molecule has 2 aliphatic heterocycles. The lowest BCUT2D eigenvalue weighted by Gasteiger charge is -2.16. The summed E-state index contributed by atoms with van der Waals surface area (Å²) >= 11 is 14.2. The third-order valence-electron chi connectivity index (χ3n) is 9.78. The van der Waals surface area contributed by atoms with Gasteiger partial charge in [-0.05, 0) is 43.1 Å². The van der Waals surface area contributed by atoms with Crippen molar-refractivity contribution in [2.45, 2.75) is 38.4 Å². The standard InChI is InChI=1S/C39H38Cl2N6O5/c1-51-37-24(18-42-20-27-10-12-34(48)44-27)9-11-32(45-37)31-8-4-7-30(36(31)41)29-6-3-5-28(35(29)40)23-14-16-47-33(17-23)43-19-26(38(47)49)22-46-15-13-25(21-46)39(50)52-2/h3-9,11,14,16-17,19,25,27,42H,10,12-13,15,18,20-22H2,1-2H3,(H,44,48)/t25-,27-/m1/s1. The van der Waals surface area contributed by atoms with Crippen molar-refractivity contribution in [3.8, 4) is 39.4 Å². The summed E-state index contributed by atoms with van der Waals surface area (Å²) in [5.41, 5.74) is 6.21. The van der Waals surface area contributed by atoms with Crippen molar-refractivity contribution in [1.82, 2.24) is 29.9 Å². The molecule has 0 spiro atoms. The summed E-state index contributed by atoms with van der Waals surface area (Å²) in [5, 5.41) is 7.35. The Hall–Kier alpha value is -4.81. The molecular weight excluding hydrogens is 703 g/mol. The number of amides is 1. The van der Waals surface area contributed by atoms with Crippen LogP contribution >= 0.6 is 23.2 Å². The Morgan fingerprint density at radius 3 is 2.44 bits per heavy atom. The van der Waals surface area contributed by atoms with Crippen LogP contribution in [0.4, 0.5) is 0 Å². The van der Waals surface area contributed by atoms with Crippen LogP contribution in [-0.2, 0) is 27.4 Å². The number of nitrogens with one attached hydrogen (secondary N) is 2. The van der Waals surface area contributed by atoms with Crippen LogP contribution in [0.5, 0.6) is 5.88 Å². The first-order valence-corrected chi connectivity index (χ1v) is 17.9. The minimum atomic E-state index is -0.220.